The maximum Gasteiger partial charge on any atom is 0.226 e. The number of aromatic hydroxyl groups is 1. The normalized spacial score (nSPS) is 26.2. The lowest BCUT2D eigenvalue weighted by molar-refractivity contribution is -0.126. The number of aromatic nitrogens is 2. The predicted octanol–water partition coefficient (Wildman–Crippen LogP) is 3.45. The average molecular weight is 403 g/mol. The van der Waals surface area contributed by atoms with Gasteiger partial charge in [0.1, 0.15) is 5.75 Å². The Bertz CT molecular complexity index is 921. The quantitative estimate of drug-likeness (QED) is 0.526. The summed E-state index contributed by atoms with van der Waals surface area (Å²) in [5.74, 6) is -0.649. The van der Waals surface area contributed by atoms with Crippen LogP contribution in [0.3, 0.4) is 0 Å². The Morgan fingerprint density at radius 1 is 1.29 bits per heavy atom. The van der Waals surface area contributed by atoms with Crippen LogP contribution in [0.1, 0.15) is 24.9 Å². The minimum atomic E-state index is -0.604. The number of carbonyl (C=O) groups excluding carboxylic acids is 1. The van der Waals surface area contributed by atoms with Crippen LogP contribution >= 0.6 is 11.6 Å². The van der Waals surface area contributed by atoms with Gasteiger partial charge < -0.3 is 15.7 Å². The van der Waals surface area contributed by atoms with Crippen molar-refractivity contribution < 1.29 is 14.3 Å². The van der Waals surface area contributed by atoms with E-state index in [0.717, 1.165) is 18.2 Å². The van der Waals surface area contributed by atoms with Gasteiger partial charge in [-0.25, -0.2) is 9.37 Å². The van der Waals surface area contributed by atoms with Crippen LogP contribution in [0, 0.1) is 23.6 Å². The molecule has 1 fully saturated rings. The molecule has 4 rings (SSSR count). The average Bonchev–Trinajstić information content (AvgIpc) is 3.26. The largest absolute Gasteiger partial charge is 0.508 e. The summed E-state index contributed by atoms with van der Waals surface area (Å²) in [6.45, 7) is 1.89. The molecule has 0 unspecified atom stereocenters. The first kappa shape index (κ1) is 18.7. The maximum absolute atomic E-state index is 14.1. The number of allylic oxidation sites excluding steroid dienone is 1. The number of rotatable bonds is 5. The molecule has 8 heteroatoms. The summed E-state index contributed by atoms with van der Waals surface area (Å²) in [5, 5.41) is 15.5. The minimum absolute atomic E-state index is 0.00957. The number of carbonyl (C=O) groups is 1. The summed E-state index contributed by atoms with van der Waals surface area (Å²) in [6.07, 6.45) is 5.98. The van der Waals surface area contributed by atoms with Crippen molar-refractivity contribution in [3.05, 3.63) is 59.3 Å². The molecule has 1 aromatic carbocycles. The number of hydrogen-bond donors (Lipinski definition) is 3. The van der Waals surface area contributed by atoms with Gasteiger partial charge in [0, 0.05) is 6.04 Å². The fraction of sp³-hybridized carbons (Fsp3) is 0.350. The number of halogens is 2. The van der Waals surface area contributed by atoms with E-state index in [1.54, 1.807) is 24.3 Å². The zero-order valence-corrected chi connectivity index (χ0v) is 15.9. The molecular weight excluding hydrogens is 383 g/mol. The summed E-state index contributed by atoms with van der Waals surface area (Å²) in [4.78, 5) is 20.6. The Balaban J connectivity index is 1.51. The van der Waals surface area contributed by atoms with E-state index in [0.29, 0.717) is 0 Å². The number of hydrogen-bond acceptors (Lipinski definition) is 5. The number of amides is 1. The zero-order valence-electron chi connectivity index (χ0n) is 15.1. The van der Waals surface area contributed by atoms with E-state index in [1.807, 2.05) is 6.92 Å². The van der Waals surface area contributed by atoms with E-state index in [2.05, 4.69) is 32.8 Å². The minimum Gasteiger partial charge on any atom is -0.508 e. The lowest BCUT2D eigenvalue weighted by atomic mass is 9.87. The van der Waals surface area contributed by atoms with E-state index in [9.17, 15) is 14.3 Å². The number of phenolic OH excluding ortho intramolecular Hbond substituents is 1. The summed E-state index contributed by atoms with van der Waals surface area (Å²) in [6, 6.07) is 6.22. The summed E-state index contributed by atoms with van der Waals surface area (Å²) < 4.78 is 14.1. The second kappa shape index (κ2) is 7.39. The van der Waals surface area contributed by atoms with Gasteiger partial charge in [0.2, 0.25) is 11.2 Å². The molecule has 0 saturated heterocycles. The lowest BCUT2D eigenvalue weighted by Crippen LogP contribution is -2.44. The highest BCUT2D eigenvalue weighted by molar-refractivity contribution is 6.28. The molecule has 1 aromatic heterocycles. The van der Waals surface area contributed by atoms with E-state index >= 15 is 0 Å². The van der Waals surface area contributed by atoms with Crippen LogP contribution in [0.2, 0.25) is 5.28 Å². The third-order valence-electron chi connectivity index (χ3n) is 5.53. The monoisotopic (exact) mass is 402 g/mol. The first-order valence-corrected chi connectivity index (χ1v) is 9.52. The van der Waals surface area contributed by atoms with Gasteiger partial charge in [0.15, 0.2) is 11.6 Å². The highest BCUT2D eigenvalue weighted by atomic mass is 35.5. The molecule has 2 aliphatic rings. The maximum atomic E-state index is 14.1. The van der Waals surface area contributed by atoms with Crippen molar-refractivity contribution in [2.75, 3.05) is 5.32 Å². The van der Waals surface area contributed by atoms with Gasteiger partial charge in [-0.3, -0.25) is 4.79 Å². The van der Waals surface area contributed by atoms with Crippen molar-refractivity contribution in [1.82, 2.24) is 15.3 Å². The van der Waals surface area contributed by atoms with Crippen LogP contribution in [0.25, 0.3) is 0 Å². The van der Waals surface area contributed by atoms with E-state index in [-0.39, 0.29) is 52.6 Å². The lowest BCUT2D eigenvalue weighted by Gasteiger charge is -2.29. The summed E-state index contributed by atoms with van der Waals surface area (Å²) in [7, 11) is 0. The first-order chi connectivity index (χ1) is 13.4. The molecule has 6 nitrogen and oxygen atoms in total. The second-order valence-electron chi connectivity index (χ2n) is 7.30. The SMILES string of the molecule is C[C@@H](NC(=O)[C@@H]1[C@H](Nc2nc(Cl)ncc2F)[C@H]2C=C[C@@H]1C2)c1ccc(O)cc1. The number of phenols is 1. The van der Waals surface area contributed by atoms with E-state index < -0.39 is 5.82 Å². The summed E-state index contributed by atoms with van der Waals surface area (Å²) in [5.41, 5.74) is 0.892. The molecular formula is C20H20ClFN4O2. The van der Waals surface area contributed by atoms with Gasteiger partial charge in [0.05, 0.1) is 18.2 Å². The van der Waals surface area contributed by atoms with Crippen molar-refractivity contribution >= 4 is 23.3 Å². The number of fused-ring (bicyclic) bond motifs is 2. The molecule has 1 amide bonds. The Kier molecular flexibility index (Phi) is 4.93. The smallest absolute Gasteiger partial charge is 0.226 e. The first-order valence-electron chi connectivity index (χ1n) is 9.14. The number of anilines is 1. The predicted molar refractivity (Wildman–Crippen MR) is 103 cm³/mol. The van der Waals surface area contributed by atoms with Crippen LogP contribution in [0.4, 0.5) is 10.2 Å². The molecule has 1 heterocycles. The van der Waals surface area contributed by atoms with Crippen molar-refractivity contribution in [1.29, 1.82) is 0 Å². The van der Waals surface area contributed by atoms with E-state index in [1.165, 1.54) is 0 Å². The van der Waals surface area contributed by atoms with Crippen molar-refractivity contribution in [2.45, 2.75) is 25.4 Å². The molecule has 1 saturated carbocycles. The van der Waals surface area contributed by atoms with Crippen LogP contribution < -0.4 is 10.6 Å². The molecule has 0 radical (unpaired) electrons. The highest BCUT2D eigenvalue weighted by Gasteiger charge is 2.48. The number of benzene rings is 1. The number of nitrogens with one attached hydrogen (secondary N) is 2. The van der Waals surface area contributed by atoms with Gasteiger partial charge in [0.25, 0.3) is 0 Å². The Morgan fingerprint density at radius 2 is 2.00 bits per heavy atom. The molecule has 3 N–H and O–H groups in total. The number of nitrogens with zero attached hydrogens (tertiary/aromatic N) is 2. The van der Waals surface area contributed by atoms with Gasteiger partial charge in [-0.1, -0.05) is 24.3 Å². The molecule has 2 aromatic rings. The third-order valence-corrected chi connectivity index (χ3v) is 5.71. The summed E-state index contributed by atoms with van der Waals surface area (Å²) >= 11 is 5.79. The van der Waals surface area contributed by atoms with Crippen molar-refractivity contribution in [3.63, 3.8) is 0 Å². The topological polar surface area (TPSA) is 87.1 Å². The zero-order chi connectivity index (χ0) is 19.8. The molecule has 0 spiro atoms. The van der Waals surface area contributed by atoms with Crippen molar-refractivity contribution in [3.8, 4) is 5.75 Å². The molecule has 5 atom stereocenters. The molecule has 146 valence electrons. The van der Waals surface area contributed by atoms with Crippen LogP contribution in [0.15, 0.2) is 42.6 Å². The Labute approximate surface area is 166 Å². The van der Waals surface area contributed by atoms with Crippen LogP contribution in [-0.2, 0) is 4.79 Å². The van der Waals surface area contributed by atoms with Gasteiger partial charge in [-0.15, -0.1) is 0 Å². The Morgan fingerprint density at radius 3 is 2.75 bits per heavy atom. The van der Waals surface area contributed by atoms with Crippen LogP contribution in [0.5, 0.6) is 5.75 Å². The fourth-order valence-corrected chi connectivity index (χ4v) is 4.27. The van der Waals surface area contributed by atoms with Gasteiger partial charge in [-0.2, -0.15) is 4.98 Å². The van der Waals surface area contributed by atoms with E-state index in [4.69, 9.17) is 11.6 Å². The fourth-order valence-electron chi connectivity index (χ4n) is 4.14. The standard InChI is InChI=1S/C20H20ClFN4O2/c1-10(11-4-6-14(27)7-5-11)24-19(28)16-12-2-3-13(8-12)17(16)25-18-15(22)9-23-20(21)26-18/h2-7,9-10,12-13,16-17,27H,8H2,1H3,(H,24,28)(H,23,25,26)/t10-,12-,13+,16+,17-/m1/s1. The molecule has 2 aliphatic carbocycles. The van der Waals surface area contributed by atoms with Crippen LogP contribution in [-0.4, -0.2) is 27.0 Å². The Hall–Kier alpha value is -2.67. The van der Waals surface area contributed by atoms with Gasteiger partial charge in [-0.05, 0) is 54.5 Å². The molecule has 2 bridgehead atoms. The van der Waals surface area contributed by atoms with Crippen molar-refractivity contribution in [2.24, 2.45) is 17.8 Å². The molecule has 28 heavy (non-hydrogen) atoms. The molecule has 0 aliphatic heterocycles. The second-order valence-corrected chi connectivity index (χ2v) is 7.64. The third kappa shape index (κ3) is 3.54. The van der Waals surface area contributed by atoms with Gasteiger partial charge >= 0.3 is 0 Å². The highest BCUT2D eigenvalue weighted by Crippen LogP contribution is 2.45.